The van der Waals surface area contributed by atoms with Crippen molar-refractivity contribution < 1.29 is 14.3 Å². The van der Waals surface area contributed by atoms with Gasteiger partial charge < -0.3 is 15.0 Å². The molecule has 2 N–H and O–H groups in total. The summed E-state index contributed by atoms with van der Waals surface area (Å²) in [5, 5.41) is 3.11. The number of aromatic nitrogens is 1. The Morgan fingerprint density at radius 1 is 1.30 bits per heavy atom. The molecule has 6 heteroatoms. The first-order valence-electron chi connectivity index (χ1n) is 6.03. The zero-order chi connectivity index (χ0) is 14.7. The van der Waals surface area contributed by atoms with Gasteiger partial charge in [-0.3, -0.25) is 9.59 Å². The number of H-pyrrole nitrogens is 1. The quantitative estimate of drug-likeness (QED) is 0.811. The topological polar surface area (TPSA) is 88.3 Å². The number of aromatic amines is 1. The zero-order valence-electron chi connectivity index (χ0n) is 11.1. The summed E-state index contributed by atoms with van der Waals surface area (Å²) in [4.78, 5) is 37.7. The van der Waals surface area contributed by atoms with Crippen molar-refractivity contribution in [2.75, 3.05) is 7.11 Å². The van der Waals surface area contributed by atoms with Gasteiger partial charge in [0, 0.05) is 17.0 Å². The van der Waals surface area contributed by atoms with Gasteiger partial charge in [-0.15, -0.1) is 0 Å². The molecule has 1 amide bonds. The number of esters is 1. The molecular weight excluding hydrogens is 260 g/mol. The van der Waals surface area contributed by atoms with Crippen molar-refractivity contribution in [2.45, 2.75) is 13.0 Å². The lowest BCUT2D eigenvalue weighted by Gasteiger charge is -2.12. The highest BCUT2D eigenvalue weighted by molar-refractivity contribution is 6.06. The van der Waals surface area contributed by atoms with Gasteiger partial charge in [-0.05, 0) is 13.0 Å². The number of benzene rings is 1. The van der Waals surface area contributed by atoms with Gasteiger partial charge in [-0.25, -0.2) is 4.79 Å². The van der Waals surface area contributed by atoms with Crippen molar-refractivity contribution in [2.24, 2.45) is 0 Å². The molecule has 0 bridgehead atoms. The Morgan fingerprint density at radius 2 is 2.00 bits per heavy atom. The zero-order valence-corrected chi connectivity index (χ0v) is 11.1. The maximum atomic E-state index is 12.2. The minimum absolute atomic E-state index is 0.222. The Morgan fingerprint density at radius 3 is 2.70 bits per heavy atom. The first kappa shape index (κ1) is 13.8. The van der Waals surface area contributed by atoms with Crippen LogP contribution in [0.25, 0.3) is 10.9 Å². The lowest BCUT2D eigenvalue weighted by atomic mass is 10.1. The molecule has 0 unspecified atom stereocenters. The van der Waals surface area contributed by atoms with E-state index in [4.69, 9.17) is 0 Å². The molecule has 0 aliphatic carbocycles. The second-order valence-electron chi connectivity index (χ2n) is 4.31. The molecule has 0 aliphatic heterocycles. The second-order valence-corrected chi connectivity index (χ2v) is 4.31. The third kappa shape index (κ3) is 2.69. The van der Waals surface area contributed by atoms with E-state index >= 15 is 0 Å². The van der Waals surface area contributed by atoms with Crippen LogP contribution in [-0.2, 0) is 9.53 Å². The average Bonchev–Trinajstić information content (AvgIpc) is 2.45. The highest BCUT2D eigenvalue weighted by atomic mass is 16.5. The van der Waals surface area contributed by atoms with Crippen LogP contribution in [-0.4, -0.2) is 30.0 Å². The smallest absolute Gasteiger partial charge is 0.328 e. The average molecular weight is 274 g/mol. The van der Waals surface area contributed by atoms with Gasteiger partial charge in [0.15, 0.2) is 0 Å². The number of carbonyl (C=O) groups excluding carboxylic acids is 2. The fraction of sp³-hybridized carbons (Fsp3) is 0.214. The third-order valence-corrected chi connectivity index (χ3v) is 2.90. The molecule has 2 aromatic rings. The van der Waals surface area contributed by atoms with Crippen LogP contribution in [0.4, 0.5) is 0 Å². The number of methoxy groups -OCH3 is 1. The van der Waals surface area contributed by atoms with E-state index in [-0.39, 0.29) is 11.1 Å². The standard InChI is InChI=1S/C14H14N2O4/c1-8(14(19)20-2)15-13(18)10-7-12(17)16-11-6-4-3-5-9(10)11/h3-8H,1-2H3,(H,15,18)(H,16,17)/t8-/m0/s1. The normalized spacial score (nSPS) is 11.9. The third-order valence-electron chi connectivity index (χ3n) is 2.90. The molecule has 1 atom stereocenters. The van der Waals surface area contributed by atoms with Crippen molar-refractivity contribution >= 4 is 22.8 Å². The van der Waals surface area contributed by atoms with E-state index < -0.39 is 17.9 Å². The van der Waals surface area contributed by atoms with Crippen molar-refractivity contribution in [3.05, 3.63) is 46.2 Å². The van der Waals surface area contributed by atoms with E-state index in [1.165, 1.54) is 20.1 Å². The minimum atomic E-state index is -0.787. The van der Waals surface area contributed by atoms with Crippen LogP contribution in [0.1, 0.15) is 17.3 Å². The Hall–Kier alpha value is -2.63. The van der Waals surface area contributed by atoms with Gasteiger partial charge in [-0.1, -0.05) is 18.2 Å². The van der Waals surface area contributed by atoms with Crippen molar-refractivity contribution in [3.63, 3.8) is 0 Å². The fourth-order valence-corrected chi connectivity index (χ4v) is 1.90. The Kier molecular flexibility index (Phi) is 3.84. The number of hydrogen-bond acceptors (Lipinski definition) is 4. The summed E-state index contributed by atoms with van der Waals surface area (Å²) in [5.41, 5.74) is 0.413. The number of para-hydroxylation sites is 1. The van der Waals surface area contributed by atoms with Crippen molar-refractivity contribution in [1.29, 1.82) is 0 Å². The molecular formula is C14H14N2O4. The molecule has 1 heterocycles. The van der Waals surface area contributed by atoms with Gasteiger partial charge in [0.1, 0.15) is 6.04 Å². The van der Waals surface area contributed by atoms with Gasteiger partial charge in [0.2, 0.25) is 5.56 Å². The molecule has 1 aromatic carbocycles. The molecule has 0 fully saturated rings. The number of hydrogen-bond donors (Lipinski definition) is 2. The van der Waals surface area contributed by atoms with Gasteiger partial charge >= 0.3 is 5.97 Å². The highest BCUT2D eigenvalue weighted by Gasteiger charge is 2.18. The highest BCUT2D eigenvalue weighted by Crippen LogP contribution is 2.14. The molecule has 0 saturated carbocycles. The van der Waals surface area contributed by atoms with Gasteiger partial charge in [-0.2, -0.15) is 0 Å². The summed E-state index contributed by atoms with van der Waals surface area (Å²) < 4.78 is 4.54. The largest absolute Gasteiger partial charge is 0.467 e. The van der Waals surface area contributed by atoms with Crippen molar-refractivity contribution in [3.8, 4) is 0 Å². The summed E-state index contributed by atoms with van der Waals surface area (Å²) in [6.07, 6.45) is 0. The number of carbonyl (C=O) groups is 2. The molecule has 0 spiro atoms. The van der Waals surface area contributed by atoms with Crippen LogP contribution in [0, 0.1) is 0 Å². The van der Waals surface area contributed by atoms with Crippen LogP contribution in [0.15, 0.2) is 35.1 Å². The van der Waals surface area contributed by atoms with Gasteiger partial charge in [0.25, 0.3) is 5.91 Å². The number of pyridine rings is 1. The maximum Gasteiger partial charge on any atom is 0.328 e. The Balaban J connectivity index is 2.40. The molecule has 1 aromatic heterocycles. The fourth-order valence-electron chi connectivity index (χ4n) is 1.90. The maximum absolute atomic E-state index is 12.2. The van der Waals surface area contributed by atoms with E-state index in [1.807, 2.05) is 0 Å². The molecule has 0 aliphatic rings. The summed E-state index contributed by atoms with van der Waals surface area (Å²) in [6, 6.07) is 7.38. The summed E-state index contributed by atoms with van der Waals surface area (Å²) in [7, 11) is 1.24. The number of nitrogens with one attached hydrogen (secondary N) is 2. The lowest BCUT2D eigenvalue weighted by Crippen LogP contribution is -2.39. The molecule has 6 nitrogen and oxygen atoms in total. The number of rotatable bonds is 3. The second kappa shape index (κ2) is 5.56. The number of ether oxygens (including phenoxy) is 1. The van der Waals surface area contributed by atoms with Crippen LogP contribution in [0.2, 0.25) is 0 Å². The molecule has 0 saturated heterocycles. The molecule has 104 valence electrons. The number of fused-ring (bicyclic) bond motifs is 1. The van der Waals surface area contributed by atoms with Crippen LogP contribution < -0.4 is 10.9 Å². The summed E-state index contributed by atoms with van der Waals surface area (Å²) in [5.74, 6) is -1.04. The first-order chi connectivity index (χ1) is 9.52. The van der Waals surface area contributed by atoms with E-state index in [2.05, 4.69) is 15.0 Å². The monoisotopic (exact) mass is 274 g/mol. The molecule has 20 heavy (non-hydrogen) atoms. The van der Waals surface area contributed by atoms with Crippen LogP contribution >= 0.6 is 0 Å². The Labute approximate surface area is 114 Å². The van der Waals surface area contributed by atoms with E-state index in [9.17, 15) is 14.4 Å². The summed E-state index contributed by atoms with van der Waals surface area (Å²) >= 11 is 0. The van der Waals surface area contributed by atoms with E-state index in [0.717, 1.165) is 0 Å². The van der Waals surface area contributed by atoms with E-state index in [0.29, 0.717) is 10.9 Å². The SMILES string of the molecule is COC(=O)[C@H](C)NC(=O)c1cc(=O)[nH]c2ccccc12. The first-order valence-corrected chi connectivity index (χ1v) is 6.03. The van der Waals surface area contributed by atoms with Crippen LogP contribution in [0.5, 0.6) is 0 Å². The van der Waals surface area contributed by atoms with Crippen molar-refractivity contribution in [1.82, 2.24) is 10.3 Å². The van der Waals surface area contributed by atoms with Crippen LogP contribution in [0.3, 0.4) is 0 Å². The van der Waals surface area contributed by atoms with Gasteiger partial charge in [0.05, 0.1) is 12.7 Å². The molecule has 0 radical (unpaired) electrons. The lowest BCUT2D eigenvalue weighted by molar-refractivity contribution is -0.142. The predicted molar refractivity (Wildman–Crippen MR) is 73.5 cm³/mol. The summed E-state index contributed by atoms with van der Waals surface area (Å²) in [6.45, 7) is 1.51. The Bertz CT molecular complexity index is 720. The molecule has 2 rings (SSSR count). The predicted octanol–water partition coefficient (Wildman–Crippen LogP) is 0.819. The van der Waals surface area contributed by atoms with E-state index in [1.54, 1.807) is 24.3 Å². The minimum Gasteiger partial charge on any atom is -0.467 e. The number of amides is 1.